The Balaban J connectivity index is 2.11. The summed E-state index contributed by atoms with van der Waals surface area (Å²) in [6, 6.07) is 1.07. The highest BCUT2D eigenvalue weighted by molar-refractivity contribution is 5.06. The zero-order chi connectivity index (χ0) is 14.8. The molecule has 0 saturated carbocycles. The van der Waals surface area contributed by atoms with Crippen molar-refractivity contribution >= 4 is 0 Å². The largest absolute Gasteiger partial charge is 0.447 e. The van der Waals surface area contributed by atoms with Crippen LogP contribution >= 0.6 is 0 Å². The van der Waals surface area contributed by atoms with E-state index in [-0.39, 0.29) is 11.4 Å². The fourth-order valence-electron chi connectivity index (χ4n) is 1.78. The van der Waals surface area contributed by atoms with Crippen LogP contribution in [0.1, 0.15) is 20.8 Å². The molecule has 0 spiro atoms. The highest BCUT2D eigenvalue weighted by Gasteiger charge is 2.41. The first kappa shape index (κ1) is 14.9. The van der Waals surface area contributed by atoms with E-state index in [1.165, 1.54) is 6.20 Å². The maximum atomic E-state index is 13.1. The average molecular weight is 282 g/mol. The average Bonchev–Trinajstić information content (AvgIpc) is 2.38. The number of hydrogen-bond acceptors (Lipinski definition) is 5. The fourth-order valence-corrected chi connectivity index (χ4v) is 1.78. The highest BCUT2D eigenvalue weighted by Crippen LogP contribution is 2.30. The molecule has 1 aromatic rings. The Bertz CT molecular complexity index is 485. The summed E-state index contributed by atoms with van der Waals surface area (Å²) in [5.41, 5.74) is -1.04. The van der Waals surface area contributed by atoms with E-state index >= 15 is 0 Å². The molecule has 1 fully saturated rings. The molecular weight excluding hydrogens is 263 g/mol. The minimum atomic E-state index is -0.996. The number of halogens is 1. The summed E-state index contributed by atoms with van der Waals surface area (Å²) in [6.45, 7) is 10.6. The van der Waals surface area contributed by atoms with Gasteiger partial charge in [-0.3, -0.25) is 0 Å². The summed E-state index contributed by atoms with van der Waals surface area (Å²) in [5, 5.41) is 0. The third kappa shape index (κ3) is 3.32. The van der Waals surface area contributed by atoms with E-state index in [9.17, 15) is 4.39 Å². The Hall–Kier alpha value is -1.53. The molecule has 5 nitrogen and oxygen atoms in total. The molecule has 0 N–H and O–H groups in total. The normalized spacial score (nSPS) is 22.0. The van der Waals surface area contributed by atoms with Crippen molar-refractivity contribution in [2.75, 3.05) is 13.2 Å². The van der Waals surface area contributed by atoms with E-state index in [2.05, 4.69) is 16.5 Å². The van der Waals surface area contributed by atoms with Crippen LogP contribution in [0.15, 0.2) is 24.9 Å². The molecule has 0 bridgehead atoms. The van der Waals surface area contributed by atoms with Gasteiger partial charge in [0.2, 0.25) is 12.2 Å². The lowest BCUT2D eigenvalue weighted by atomic mass is 9.94. The Morgan fingerprint density at radius 3 is 2.70 bits per heavy atom. The van der Waals surface area contributed by atoms with Gasteiger partial charge < -0.3 is 14.2 Å². The van der Waals surface area contributed by atoms with Crippen molar-refractivity contribution in [1.29, 1.82) is 0 Å². The minimum Gasteiger partial charge on any atom is -0.447 e. The van der Waals surface area contributed by atoms with Crippen LogP contribution in [0.25, 0.3) is 0 Å². The van der Waals surface area contributed by atoms with Gasteiger partial charge >= 0.3 is 6.01 Å². The first-order valence-corrected chi connectivity index (χ1v) is 6.39. The molecule has 1 saturated heterocycles. The molecule has 0 aliphatic carbocycles. The number of aromatic nitrogens is 2. The van der Waals surface area contributed by atoms with Gasteiger partial charge in [0.05, 0.1) is 13.2 Å². The third-order valence-corrected chi connectivity index (χ3v) is 3.03. The third-order valence-electron chi connectivity index (χ3n) is 3.03. The van der Waals surface area contributed by atoms with Gasteiger partial charge in [-0.15, -0.1) is 0 Å². The van der Waals surface area contributed by atoms with Crippen molar-refractivity contribution in [1.82, 2.24) is 9.97 Å². The predicted molar refractivity (Wildman–Crippen MR) is 70.7 cm³/mol. The quantitative estimate of drug-likeness (QED) is 0.626. The first-order valence-electron chi connectivity index (χ1n) is 6.39. The van der Waals surface area contributed by atoms with Crippen LogP contribution < -0.4 is 4.74 Å². The second kappa shape index (κ2) is 5.46. The Labute approximate surface area is 117 Å². The van der Waals surface area contributed by atoms with Crippen molar-refractivity contribution in [3.63, 3.8) is 0 Å². The molecule has 1 atom stereocenters. The smallest absolute Gasteiger partial charge is 0.320 e. The van der Waals surface area contributed by atoms with Gasteiger partial charge in [0.1, 0.15) is 0 Å². The summed E-state index contributed by atoms with van der Waals surface area (Å²) >= 11 is 0. The number of ether oxygens (including phenoxy) is 3. The van der Waals surface area contributed by atoms with Crippen molar-refractivity contribution in [2.24, 2.45) is 5.41 Å². The van der Waals surface area contributed by atoms with Crippen LogP contribution in [0.4, 0.5) is 4.39 Å². The molecule has 1 aliphatic heterocycles. The second-order valence-corrected chi connectivity index (χ2v) is 5.77. The van der Waals surface area contributed by atoms with E-state index in [1.807, 2.05) is 13.8 Å². The lowest BCUT2D eigenvalue weighted by Crippen LogP contribution is -2.52. The van der Waals surface area contributed by atoms with Gasteiger partial charge in [-0.05, 0) is 13.0 Å². The summed E-state index contributed by atoms with van der Waals surface area (Å²) in [7, 11) is 0. The maximum absolute atomic E-state index is 13.1. The van der Waals surface area contributed by atoms with Crippen molar-refractivity contribution in [3.05, 3.63) is 30.9 Å². The van der Waals surface area contributed by atoms with E-state index in [1.54, 1.807) is 13.0 Å². The fraction of sp³-hybridized carbons (Fsp3) is 0.571. The topological polar surface area (TPSA) is 53.5 Å². The van der Waals surface area contributed by atoms with Crippen LogP contribution in [-0.4, -0.2) is 35.1 Å². The van der Waals surface area contributed by atoms with Gasteiger partial charge in [-0.1, -0.05) is 20.4 Å². The Kier molecular flexibility index (Phi) is 4.06. The molecule has 0 aromatic carbocycles. The van der Waals surface area contributed by atoms with Gasteiger partial charge in [0, 0.05) is 17.7 Å². The summed E-state index contributed by atoms with van der Waals surface area (Å²) in [4.78, 5) is 7.43. The van der Waals surface area contributed by atoms with Crippen molar-refractivity contribution < 1.29 is 18.6 Å². The summed E-state index contributed by atoms with van der Waals surface area (Å²) < 4.78 is 30.0. The van der Waals surface area contributed by atoms with Crippen LogP contribution in [0.2, 0.25) is 0 Å². The van der Waals surface area contributed by atoms with Gasteiger partial charge in [-0.2, -0.15) is 9.37 Å². The van der Waals surface area contributed by atoms with Gasteiger partial charge in [-0.25, -0.2) is 4.98 Å². The standard InChI is InChI=1S/C14H19FN2O3/c1-5-14(4,11-18-8-13(2,3)9-19-11)20-12-16-7-6-10(15)17-12/h5-7,11H,1,8-9H2,2-4H3. The molecule has 110 valence electrons. The number of hydrogen-bond donors (Lipinski definition) is 0. The minimum absolute atomic E-state index is 0.0477. The summed E-state index contributed by atoms with van der Waals surface area (Å²) in [6.07, 6.45) is 2.19. The predicted octanol–water partition coefficient (Wildman–Crippen LogP) is 2.34. The molecule has 0 radical (unpaired) electrons. The molecule has 1 aliphatic rings. The number of rotatable bonds is 4. The van der Waals surface area contributed by atoms with E-state index in [0.29, 0.717) is 13.2 Å². The SMILES string of the molecule is C=CC(C)(Oc1nccc(F)n1)C1OCC(C)(C)CO1. The van der Waals surface area contributed by atoms with E-state index < -0.39 is 17.8 Å². The molecule has 20 heavy (non-hydrogen) atoms. The molecular formula is C14H19FN2O3. The van der Waals surface area contributed by atoms with Crippen LogP contribution in [0.3, 0.4) is 0 Å². The van der Waals surface area contributed by atoms with Gasteiger partial charge in [0.25, 0.3) is 0 Å². The molecule has 0 amide bonds. The second-order valence-electron chi connectivity index (χ2n) is 5.77. The zero-order valence-corrected chi connectivity index (χ0v) is 11.9. The zero-order valence-electron chi connectivity index (χ0n) is 11.9. The molecule has 1 unspecified atom stereocenters. The lowest BCUT2D eigenvalue weighted by Gasteiger charge is -2.41. The van der Waals surface area contributed by atoms with Crippen LogP contribution in [0.5, 0.6) is 6.01 Å². The Morgan fingerprint density at radius 2 is 2.15 bits per heavy atom. The maximum Gasteiger partial charge on any atom is 0.320 e. The lowest BCUT2D eigenvalue weighted by molar-refractivity contribution is -0.267. The van der Waals surface area contributed by atoms with Crippen molar-refractivity contribution in [3.8, 4) is 6.01 Å². The van der Waals surface area contributed by atoms with Crippen molar-refractivity contribution in [2.45, 2.75) is 32.7 Å². The van der Waals surface area contributed by atoms with E-state index in [0.717, 1.165) is 6.07 Å². The molecule has 6 heteroatoms. The summed E-state index contributed by atoms with van der Waals surface area (Å²) in [5.74, 6) is -0.659. The van der Waals surface area contributed by atoms with Crippen LogP contribution in [-0.2, 0) is 9.47 Å². The number of nitrogens with zero attached hydrogens (tertiary/aromatic N) is 2. The molecule has 2 heterocycles. The highest BCUT2D eigenvalue weighted by atomic mass is 19.1. The Morgan fingerprint density at radius 1 is 1.50 bits per heavy atom. The molecule has 2 rings (SSSR count). The van der Waals surface area contributed by atoms with Crippen LogP contribution in [0, 0.1) is 11.4 Å². The first-order chi connectivity index (χ1) is 9.35. The molecule has 1 aromatic heterocycles. The van der Waals surface area contributed by atoms with E-state index in [4.69, 9.17) is 14.2 Å². The van der Waals surface area contributed by atoms with Gasteiger partial charge in [0.15, 0.2) is 5.60 Å². The monoisotopic (exact) mass is 282 g/mol.